The minimum atomic E-state index is 0.680. The molecule has 0 radical (unpaired) electrons. The monoisotopic (exact) mass is 275 g/mol. The molecule has 20 heavy (non-hydrogen) atoms. The average molecular weight is 275 g/mol. The fourth-order valence-electron chi connectivity index (χ4n) is 2.24. The van der Waals surface area contributed by atoms with Crippen LogP contribution in [0.4, 0.5) is 5.82 Å². The first-order valence-corrected chi connectivity index (χ1v) is 6.66. The van der Waals surface area contributed by atoms with E-state index in [1.807, 2.05) is 29.7 Å². The van der Waals surface area contributed by atoms with Crippen LogP contribution in [0.15, 0.2) is 18.2 Å². The zero-order chi connectivity index (χ0) is 14.7. The first-order valence-electron chi connectivity index (χ1n) is 6.66. The third-order valence-electron chi connectivity index (χ3n) is 3.27. The van der Waals surface area contributed by atoms with Crippen LogP contribution in [-0.4, -0.2) is 23.8 Å². The first-order chi connectivity index (χ1) is 9.60. The maximum atomic E-state index is 6.22. The average Bonchev–Trinajstić information content (AvgIpc) is 2.75. The van der Waals surface area contributed by atoms with E-state index in [4.69, 9.17) is 15.2 Å². The van der Waals surface area contributed by atoms with Gasteiger partial charge in [-0.05, 0) is 25.5 Å². The molecule has 0 bridgehead atoms. The molecule has 0 spiro atoms. The lowest BCUT2D eigenvalue weighted by molar-refractivity contribution is 0.394. The van der Waals surface area contributed by atoms with Gasteiger partial charge in [-0.15, -0.1) is 0 Å². The second kappa shape index (κ2) is 5.86. The summed E-state index contributed by atoms with van der Waals surface area (Å²) in [6.45, 7) is 4.95. The lowest BCUT2D eigenvalue weighted by Gasteiger charge is -2.08. The fourth-order valence-corrected chi connectivity index (χ4v) is 2.24. The van der Waals surface area contributed by atoms with E-state index in [1.165, 1.54) is 0 Å². The molecule has 0 aliphatic heterocycles. The topological polar surface area (TPSA) is 62.3 Å². The zero-order valence-electron chi connectivity index (χ0n) is 12.4. The summed E-state index contributed by atoms with van der Waals surface area (Å²) in [6.07, 6.45) is 1.02. The number of nitrogens with two attached hydrogens (primary N) is 1. The second-order valence-electron chi connectivity index (χ2n) is 4.65. The Bertz CT molecular complexity index is 583. The van der Waals surface area contributed by atoms with Gasteiger partial charge >= 0.3 is 0 Å². The Morgan fingerprint density at radius 1 is 1.15 bits per heavy atom. The van der Waals surface area contributed by atoms with Gasteiger partial charge in [0, 0.05) is 18.2 Å². The number of rotatable bonds is 5. The molecule has 0 aliphatic rings. The van der Waals surface area contributed by atoms with E-state index in [2.05, 4.69) is 11.9 Å². The van der Waals surface area contributed by atoms with Gasteiger partial charge in [0.05, 0.1) is 14.2 Å². The van der Waals surface area contributed by atoms with Gasteiger partial charge in [0.25, 0.3) is 0 Å². The van der Waals surface area contributed by atoms with E-state index in [0.29, 0.717) is 5.82 Å². The second-order valence-corrected chi connectivity index (χ2v) is 4.65. The zero-order valence-corrected chi connectivity index (χ0v) is 12.4. The lowest BCUT2D eigenvalue weighted by atomic mass is 10.1. The molecule has 108 valence electrons. The molecular formula is C15H21N3O2. The van der Waals surface area contributed by atoms with Crippen LogP contribution < -0.4 is 15.2 Å². The fraction of sp³-hybridized carbons (Fsp3) is 0.400. The van der Waals surface area contributed by atoms with Crippen molar-refractivity contribution in [2.45, 2.75) is 26.8 Å². The summed E-state index contributed by atoms with van der Waals surface area (Å²) >= 11 is 0. The van der Waals surface area contributed by atoms with Crippen molar-refractivity contribution in [3.63, 3.8) is 0 Å². The van der Waals surface area contributed by atoms with Crippen molar-refractivity contribution in [3.05, 3.63) is 24.0 Å². The van der Waals surface area contributed by atoms with Gasteiger partial charge in [-0.25, -0.2) is 4.98 Å². The Morgan fingerprint density at radius 2 is 1.75 bits per heavy atom. The SMILES string of the molecule is CCCn1c(C)nc(-c2cc(OC)cc(OC)c2)c1N. The molecule has 1 heterocycles. The van der Waals surface area contributed by atoms with Crippen molar-refractivity contribution in [1.29, 1.82) is 0 Å². The maximum Gasteiger partial charge on any atom is 0.131 e. The Balaban J connectivity index is 2.53. The normalized spacial score (nSPS) is 10.6. The van der Waals surface area contributed by atoms with Gasteiger partial charge in [-0.3, -0.25) is 0 Å². The number of benzene rings is 1. The van der Waals surface area contributed by atoms with Crippen molar-refractivity contribution in [1.82, 2.24) is 9.55 Å². The summed E-state index contributed by atoms with van der Waals surface area (Å²) in [7, 11) is 3.26. The van der Waals surface area contributed by atoms with E-state index in [-0.39, 0.29) is 0 Å². The third kappa shape index (κ3) is 2.57. The highest BCUT2D eigenvalue weighted by atomic mass is 16.5. The summed E-state index contributed by atoms with van der Waals surface area (Å²) in [5.74, 6) is 3.05. The Labute approximate surface area is 119 Å². The van der Waals surface area contributed by atoms with Crippen LogP contribution in [0.25, 0.3) is 11.3 Å². The van der Waals surface area contributed by atoms with E-state index < -0.39 is 0 Å². The predicted molar refractivity (Wildman–Crippen MR) is 80.2 cm³/mol. The van der Waals surface area contributed by atoms with Gasteiger partial charge in [0.15, 0.2) is 0 Å². The quantitative estimate of drug-likeness (QED) is 0.911. The highest BCUT2D eigenvalue weighted by molar-refractivity contribution is 5.73. The minimum Gasteiger partial charge on any atom is -0.497 e. The highest BCUT2D eigenvalue weighted by Gasteiger charge is 2.15. The number of hydrogen-bond acceptors (Lipinski definition) is 4. The Morgan fingerprint density at radius 3 is 2.25 bits per heavy atom. The number of anilines is 1. The molecule has 2 aromatic rings. The van der Waals surface area contributed by atoms with Crippen LogP contribution in [0.1, 0.15) is 19.2 Å². The van der Waals surface area contributed by atoms with E-state index in [9.17, 15) is 0 Å². The van der Waals surface area contributed by atoms with Crippen LogP contribution in [0.3, 0.4) is 0 Å². The summed E-state index contributed by atoms with van der Waals surface area (Å²) in [5.41, 5.74) is 7.90. The molecule has 0 saturated heterocycles. The van der Waals surface area contributed by atoms with Crippen LogP contribution in [-0.2, 0) is 6.54 Å². The van der Waals surface area contributed by atoms with Crippen molar-refractivity contribution in [2.24, 2.45) is 0 Å². The number of aryl methyl sites for hydroxylation is 1. The molecular weight excluding hydrogens is 254 g/mol. The highest BCUT2D eigenvalue weighted by Crippen LogP contribution is 2.32. The molecule has 2 rings (SSSR count). The largest absolute Gasteiger partial charge is 0.497 e. The van der Waals surface area contributed by atoms with Crippen molar-refractivity contribution in [2.75, 3.05) is 20.0 Å². The standard InChI is InChI=1S/C15H21N3O2/c1-5-6-18-10(2)17-14(15(18)16)11-7-12(19-3)9-13(8-11)20-4/h7-9H,5-6,16H2,1-4H3. The van der Waals surface area contributed by atoms with E-state index in [0.717, 1.165) is 41.5 Å². The van der Waals surface area contributed by atoms with Gasteiger partial charge in [0.2, 0.25) is 0 Å². The summed E-state index contributed by atoms with van der Waals surface area (Å²) < 4.78 is 12.6. The van der Waals surface area contributed by atoms with Crippen LogP contribution in [0.2, 0.25) is 0 Å². The van der Waals surface area contributed by atoms with Gasteiger partial charge in [-0.1, -0.05) is 6.92 Å². The molecule has 0 fully saturated rings. The third-order valence-corrected chi connectivity index (χ3v) is 3.27. The number of nitrogens with zero attached hydrogens (tertiary/aromatic N) is 2. The van der Waals surface area contributed by atoms with Crippen molar-refractivity contribution >= 4 is 5.82 Å². The maximum absolute atomic E-state index is 6.22. The number of aromatic nitrogens is 2. The van der Waals surface area contributed by atoms with Crippen molar-refractivity contribution in [3.8, 4) is 22.8 Å². The molecule has 0 unspecified atom stereocenters. The Kier molecular flexibility index (Phi) is 4.17. The molecule has 0 atom stereocenters. The van der Waals surface area contributed by atoms with Gasteiger partial charge in [0.1, 0.15) is 28.8 Å². The molecule has 0 aliphatic carbocycles. The Hall–Kier alpha value is -2.17. The molecule has 0 saturated carbocycles. The van der Waals surface area contributed by atoms with Crippen LogP contribution in [0, 0.1) is 6.92 Å². The van der Waals surface area contributed by atoms with Gasteiger partial charge in [-0.2, -0.15) is 0 Å². The molecule has 2 N–H and O–H groups in total. The molecule has 5 nitrogen and oxygen atoms in total. The summed E-state index contributed by atoms with van der Waals surface area (Å²) in [5, 5.41) is 0. The van der Waals surface area contributed by atoms with Crippen LogP contribution >= 0.6 is 0 Å². The first kappa shape index (κ1) is 14.2. The van der Waals surface area contributed by atoms with Crippen LogP contribution in [0.5, 0.6) is 11.5 Å². The van der Waals surface area contributed by atoms with Gasteiger partial charge < -0.3 is 19.8 Å². The predicted octanol–water partition coefficient (Wildman–Crippen LogP) is 2.87. The lowest BCUT2D eigenvalue weighted by Crippen LogP contribution is -2.04. The number of ether oxygens (including phenoxy) is 2. The molecule has 1 aromatic heterocycles. The van der Waals surface area contributed by atoms with E-state index in [1.54, 1.807) is 14.2 Å². The number of methoxy groups -OCH3 is 2. The molecule has 1 aromatic carbocycles. The van der Waals surface area contributed by atoms with Crippen molar-refractivity contribution < 1.29 is 9.47 Å². The molecule has 5 heteroatoms. The minimum absolute atomic E-state index is 0.680. The summed E-state index contributed by atoms with van der Waals surface area (Å²) in [6, 6.07) is 5.66. The van der Waals surface area contributed by atoms with E-state index >= 15 is 0 Å². The number of nitrogen functional groups attached to an aromatic ring is 1. The number of imidazole rings is 1. The number of hydrogen-bond donors (Lipinski definition) is 1. The smallest absolute Gasteiger partial charge is 0.131 e. The summed E-state index contributed by atoms with van der Waals surface area (Å²) in [4.78, 5) is 4.58. The molecule has 0 amide bonds.